The average molecular weight is 393 g/mol. The van der Waals surface area contributed by atoms with E-state index in [-0.39, 0.29) is 17.5 Å². The van der Waals surface area contributed by atoms with Gasteiger partial charge in [0.25, 0.3) is 5.91 Å². The fourth-order valence-electron chi connectivity index (χ4n) is 4.24. The Morgan fingerprint density at radius 1 is 1.14 bits per heavy atom. The minimum absolute atomic E-state index is 0.00660. The number of carbonyl (C=O) groups is 1. The van der Waals surface area contributed by atoms with E-state index in [1.54, 1.807) is 23.2 Å². The van der Waals surface area contributed by atoms with Crippen LogP contribution in [0.2, 0.25) is 0 Å². The molecule has 2 aliphatic heterocycles. The van der Waals surface area contributed by atoms with Crippen molar-refractivity contribution >= 4 is 11.7 Å². The Hall–Kier alpha value is -3.36. The Labute approximate surface area is 167 Å². The summed E-state index contributed by atoms with van der Waals surface area (Å²) in [4.78, 5) is 27.5. The molecule has 29 heavy (non-hydrogen) atoms. The first-order chi connectivity index (χ1) is 14.0. The van der Waals surface area contributed by atoms with Gasteiger partial charge in [-0.15, -0.1) is 0 Å². The molecule has 1 amide bonds. The van der Waals surface area contributed by atoms with E-state index >= 15 is 0 Å². The number of likely N-dealkylation sites (tertiary alicyclic amines) is 1. The second-order valence-corrected chi connectivity index (χ2v) is 7.56. The molecule has 3 aromatic rings. The van der Waals surface area contributed by atoms with E-state index in [0.29, 0.717) is 24.7 Å². The van der Waals surface area contributed by atoms with Gasteiger partial charge in [0.2, 0.25) is 0 Å². The summed E-state index contributed by atoms with van der Waals surface area (Å²) in [5.74, 6) is 0.312. The molecular formula is C20H20FN7O. The van der Waals surface area contributed by atoms with E-state index in [1.807, 2.05) is 13.8 Å². The number of nitrogens with zero attached hydrogens (tertiary/aromatic N) is 7. The number of hydrogen-bond acceptors (Lipinski definition) is 6. The summed E-state index contributed by atoms with van der Waals surface area (Å²) in [5.41, 5.74) is 2.09. The summed E-state index contributed by atoms with van der Waals surface area (Å²) < 4.78 is 14.7. The number of rotatable bonds is 3. The molecule has 0 spiro atoms. The van der Waals surface area contributed by atoms with E-state index in [4.69, 9.17) is 0 Å². The van der Waals surface area contributed by atoms with Gasteiger partial charge in [-0.25, -0.2) is 9.37 Å². The molecule has 5 rings (SSSR count). The van der Waals surface area contributed by atoms with Crippen LogP contribution in [0.25, 0.3) is 5.69 Å². The molecule has 2 fully saturated rings. The van der Waals surface area contributed by atoms with Crippen molar-refractivity contribution < 1.29 is 9.18 Å². The van der Waals surface area contributed by atoms with Crippen molar-refractivity contribution in [1.82, 2.24) is 29.9 Å². The van der Waals surface area contributed by atoms with E-state index in [1.165, 1.54) is 23.3 Å². The highest BCUT2D eigenvalue weighted by molar-refractivity contribution is 5.98. The number of fused-ring (bicyclic) bond motifs is 1. The molecule has 0 saturated carbocycles. The largest absolute Gasteiger partial charge is 0.353 e. The maximum atomic E-state index is 14.7. The first-order valence-electron chi connectivity index (χ1n) is 9.54. The number of amides is 1. The van der Waals surface area contributed by atoms with Crippen LogP contribution in [-0.4, -0.2) is 61.4 Å². The Kier molecular flexibility index (Phi) is 4.04. The van der Waals surface area contributed by atoms with Crippen LogP contribution in [0, 0.1) is 25.6 Å². The van der Waals surface area contributed by atoms with Gasteiger partial charge < -0.3 is 9.80 Å². The Morgan fingerprint density at radius 3 is 2.72 bits per heavy atom. The van der Waals surface area contributed by atoms with Crippen LogP contribution < -0.4 is 4.90 Å². The summed E-state index contributed by atoms with van der Waals surface area (Å²) in [7, 11) is 0. The molecule has 0 N–H and O–H groups in total. The van der Waals surface area contributed by atoms with Crippen LogP contribution in [0.3, 0.4) is 0 Å². The molecule has 2 atom stereocenters. The third-order valence-electron chi connectivity index (χ3n) is 5.69. The smallest absolute Gasteiger partial charge is 0.259 e. The zero-order valence-corrected chi connectivity index (χ0v) is 16.2. The number of hydrogen-bond donors (Lipinski definition) is 0. The van der Waals surface area contributed by atoms with Crippen LogP contribution in [0.15, 0.2) is 36.8 Å². The van der Waals surface area contributed by atoms with Gasteiger partial charge >= 0.3 is 0 Å². The molecule has 2 saturated heterocycles. The number of carbonyl (C=O) groups excluding carboxylic acids is 1. The van der Waals surface area contributed by atoms with Crippen LogP contribution >= 0.6 is 0 Å². The Balaban J connectivity index is 1.41. The minimum Gasteiger partial charge on any atom is -0.353 e. The number of anilines is 1. The molecule has 148 valence electrons. The highest BCUT2D eigenvalue weighted by atomic mass is 19.1. The summed E-state index contributed by atoms with van der Waals surface area (Å²) in [6.45, 7) is 5.93. The monoisotopic (exact) mass is 393 g/mol. The summed E-state index contributed by atoms with van der Waals surface area (Å²) in [5, 5.41) is 8.11. The van der Waals surface area contributed by atoms with Crippen molar-refractivity contribution in [3.8, 4) is 5.69 Å². The number of benzene rings is 1. The van der Waals surface area contributed by atoms with Crippen LogP contribution in [0.4, 0.5) is 10.2 Å². The quantitative estimate of drug-likeness (QED) is 0.675. The molecule has 8 nitrogen and oxygen atoms in total. The van der Waals surface area contributed by atoms with Crippen molar-refractivity contribution in [3.05, 3.63) is 59.6 Å². The lowest BCUT2D eigenvalue weighted by Gasteiger charge is -2.43. The van der Waals surface area contributed by atoms with E-state index in [9.17, 15) is 9.18 Å². The molecule has 4 heterocycles. The summed E-state index contributed by atoms with van der Waals surface area (Å²) in [6.07, 6.45) is 4.75. The summed E-state index contributed by atoms with van der Waals surface area (Å²) >= 11 is 0. The van der Waals surface area contributed by atoms with E-state index < -0.39 is 5.82 Å². The third-order valence-corrected chi connectivity index (χ3v) is 5.69. The molecule has 2 aromatic heterocycles. The predicted octanol–water partition coefficient (Wildman–Crippen LogP) is 1.77. The van der Waals surface area contributed by atoms with Crippen molar-refractivity contribution in [2.24, 2.45) is 5.92 Å². The first kappa shape index (κ1) is 17.7. The highest BCUT2D eigenvalue weighted by Gasteiger charge is 2.49. The molecule has 9 heteroatoms. The number of aryl methyl sites for hydroxylation is 2. The van der Waals surface area contributed by atoms with Gasteiger partial charge in [-0.3, -0.25) is 9.78 Å². The number of halogens is 1. The van der Waals surface area contributed by atoms with Crippen molar-refractivity contribution in [3.63, 3.8) is 0 Å². The van der Waals surface area contributed by atoms with Crippen molar-refractivity contribution in [1.29, 1.82) is 0 Å². The molecular weight excluding hydrogens is 373 g/mol. The molecule has 2 unspecified atom stereocenters. The van der Waals surface area contributed by atoms with Gasteiger partial charge in [-0.2, -0.15) is 15.0 Å². The fourth-order valence-corrected chi connectivity index (χ4v) is 4.24. The van der Waals surface area contributed by atoms with E-state index in [2.05, 4.69) is 25.1 Å². The summed E-state index contributed by atoms with van der Waals surface area (Å²) in [6, 6.07) is 4.53. The highest BCUT2D eigenvalue weighted by Crippen LogP contribution is 2.37. The standard InChI is InChI=1S/C20H20FN7O/c1-12-8-22-13(2)19(25-12)26-9-14-10-27(17(14)11-26)20(29)18-15(21)4-3-5-16(18)28-23-6-7-24-28/h3-8,14,17H,9-11H2,1-2H3. The van der Waals surface area contributed by atoms with Crippen molar-refractivity contribution in [2.75, 3.05) is 24.5 Å². The maximum Gasteiger partial charge on any atom is 0.259 e. The third kappa shape index (κ3) is 2.84. The number of aromatic nitrogens is 5. The van der Waals surface area contributed by atoms with Crippen LogP contribution in [0.5, 0.6) is 0 Å². The topological polar surface area (TPSA) is 80.0 Å². The Bertz CT molecular complexity index is 1080. The molecule has 0 radical (unpaired) electrons. The second kappa shape index (κ2) is 6.61. The lowest BCUT2D eigenvalue weighted by Crippen LogP contribution is -2.58. The molecule has 0 bridgehead atoms. The van der Waals surface area contributed by atoms with Gasteiger partial charge in [-0.1, -0.05) is 6.07 Å². The van der Waals surface area contributed by atoms with Crippen LogP contribution in [-0.2, 0) is 0 Å². The average Bonchev–Trinajstić information content (AvgIpc) is 3.33. The van der Waals surface area contributed by atoms with Gasteiger partial charge in [0.1, 0.15) is 22.9 Å². The van der Waals surface area contributed by atoms with Gasteiger partial charge in [0, 0.05) is 31.7 Å². The Morgan fingerprint density at radius 2 is 1.93 bits per heavy atom. The van der Waals surface area contributed by atoms with Gasteiger partial charge in [0.15, 0.2) is 0 Å². The molecule has 0 aliphatic carbocycles. The van der Waals surface area contributed by atoms with Gasteiger partial charge in [-0.05, 0) is 26.0 Å². The second-order valence-electron chi connectivity index (χ2n) is 7.56. The lowest BCUT2D eigenvalue weighted by molar-refractivity contribution is 0.0323. The zero-order valence-electron chi connectivity index (χ0n) is 16.2. The SMILES string of the molecule is Cc1cnc(C)c(N2CC3CN(C(=O)c4c(F)cccc4-n4nccn4)C3C2)n1. The maximum absolute atomic E-state index is 14.7. The molecule has 1 aromatic carbocycles. The first-order valence-corrected chi connectivity index (χ1v) is 9.54. The minimum atomic E-state index is -0.566. The predicted molar refractivity (Wildman–Crippen MR) is 103 cm³/mol. The van der Waals surface area contributed by atoms with E-state index in [0.717, 1.165) is 23.8 Å². The van der Waals surface area contributed by atoms with Crippen LogP contribution in [0.1, 0.15) is 21.7 Å². The van der Waals surface area contributed by atoms with Gasteiger partial charge in [0.05, 0.1) is 29.8 Å². The molecule has 2 aliphatic rings. The zero-order chi connectivity index (χ0) is 20.1. The fraction of sp³-hybridized carbons (Fsp3) is 0.350. The normalized spacial score (nSPS) is 20.5. The van der Waals surface area contributed by atoms with Crippen molar-refractivity contribution in [2.45, 2.75) is 19.9 Å². The lowest BCUT2D eigenvalue weighted by atomic mass is 9.91.